The predicted molar refractivity (Wildman–Crippen MR) is 90.6 cm³/mol. The highest BCUT2D eigenvalue weighted by molar-refractivity contribution is 7.13. The van der Waals surface area contributed by atoms with Crippen molar-refractivity contribution in [2.24, 2.45) is 0 Å². The third-order valence-corrected chi connectivity index (χ3v) is 4.42. The van der Waals surface area contributed by atoms with Crippen LogP contribution in [0.4, 0.5) is 4.39 Å². The molecule has 0 amide bonds. The lowest BCUT2D eigenvalue weighted by Gasteiger charge is -2.12. The van der Waals surface area contributed by atoms with Crippen molar-refractivity contribution < 1.29 is 9.50 Å². The van der Waals surface area contributed by atoms with E-state index in [0.717, 1.165) is 16.3 Å². The van der Waals surface area contributed by atoms with Crippen LogP contribution in [0.15, 0.2) is 60.0 Å². The Balaban J connectivity index is 1.55. The topological polar surface area (TPSA) is 45.1 Å². The van der Waals surface area contributed by atoms with Crippen LogP contribution in [-0.2, 0) is 6.54 Å². The molecule has 1 aromatic heterocycles. The summed E-state index contributed by atoms with van der Waals surface area (Å²) in [5.41, 5.74) is 2.31. The van der Waals surface area contributed by atoms with Gasteiger partial charge in [0.05, 0.1) is 11.8 Å². The second-order valence-corrected chi connectivity index (χ2v) is 6.04. The molecule has 0 radical (unpaired) electrons. The monoisotopic (exact) mass is 328 g/mol. The van der Waals surface area contributed by atoms with Gasteiger partial charge in [0.1, 0.15) is 10.8 Å². The van der Waals surface area contributed by atoms with Crippen molar-refractivity contribution in [2.75, 3.05) is 6.54 Å². The summed E-state index contributed by atoms with van der Waals surface area (Å²) >= 11 is 1.59. The molecule has 0 saturated heterocycles. The molecule has 23 heavy (non-hydrogen) atoms. The van der Waals surface area contributed by atoms with Crippen LogP contribution in [0.5, 0.6) is 0 Å². The van der Waals surface area contributed by atoms with Crippen LogP contribution in [0.1, 0.15) is 17.4 Å². The van der Waals surface area contributed by atoms with E-state index >= 15 is 0 Å². The van der Waals surface area contributed by atoms with Gasteiger partial charge in [-0.1, -0.05) is 48.5 Å². The molecule has 1 unspecified atom stereocenters. The molecule has 3 rings (SSSR count). The van der Waals surface area contributed by atoms with Crippen molar-refractivity contribution in [3.63, 3.8) is 0 Å². The fourth-order valence-electron chi connectivity index (χ4n) is 2.29. The van der Waals surface area contributed by atoms with Gasteiger partial charge in [0.2, 0.25) is 0 Å². The SMILES string of the molecule is OC(CNCc1csc(-c2ccccc2)n1)c1ccccc1F. The van der Waals surface area contributed by atoms with E-state index in [9.17, 15) is 9.50 Å². The van der Waals surface area contributed by atoms with Gasteiger partial charge in [-0.05, 0) is 6.07 Å². The number of hydrogen-bond donors (Lipinski definition) is 2. The maximum absolute atomic E-state index is 13.6. The third-order valence-electron chi connectivity index (χ3n) is 3.48. The minimum Gasteiger partial charge on any atom is -0.387 e. The van der Waals surface area contributed by atoms with Gasteiger partial charge in [-0.15, -0.1) is 11.3 Å². The van der Waals surface area contributed by atoms with Gasteiger partial charge in [-0.3, -0.25) is 0 Å². The zero-order valence-corrected chi connectivity index (χ0v) is 13.3. The highest BCUT2D eigenvalue weighted by Crippen LogP contribution is 2.23. The molecule has 0 saturated carbocycles. The number of rotatable bonds is 6. The smallest absolute Gasteiger partial charge is 0.129 e. The molecule has 0 fully saturated rings. The molecule has 2 aromatic carbocycles. The molecule has 0 aliphatic carbocycles. The first kappa shape index (κ1) is 15.8. The van der Waals surface area contributed by atoms with E-state index in [2.05, 4.69) is 10.3 Å². The number of benzene rings is 2. The molecule has 1 atom stereocenters. The number of aliphatic hydroxyl groups excluding tert-OH is 1. The zero-order chi connectivity index (χ0) is 16.1. The molecule has 5 heteroatoms. The van der Waals surface area contributed by atoms with Gasteiger partial charge in [-0.2, -0.15) is 0 Å². The Kier molecular flexibility index (Phi) is 5.12. The van der Waals surface area contributed by atoms with E-state index in [1.165, 1.54) is 6.07 Å². The van der Waals surface area contributed by atoms with E-state index in [1.807, 2.05) is 35.7 Å². The van der Waals surface area contributed by atoms with Crippen LogP contribution >= 0.6 is 11.3 Å². The molecular formula is C18H17FN2OS. The Morgan fingerprint density at radius 1 is 1.09 bits per heavy atom. The Morgan fingerprint density at radius 2 is 1.83 bits per heavy atom. The summed E-state index contributed by atoms with van der Waals surface area (Å²) in [6.45, 7) is 0.813. The van der Waals surface area contributed by atoms with Crippen molar-refractivity contribution in [1.29, 1.82) is 0 Å². The second-order valence-electron chi connectivity index (χ2n) is 5.18. The largest absolute Gasteiger partial charge is 0.387 e. The lowest BCUT2D eigenvalue weighted by Crippen LogP contribution is -2.21. The van der Waals surface area contributed by atoms with Gasteiger partial charge in [0.25, 0.3) is 0 Å². The van der Waals surface area contributed by atoms with Crippen LogP contribution in [0.25, 0.3) is 10.6 Å². The first-order valence-electron chi connectivity index (χ1n) is 7.37. The van der Waals surface area contributed by atoms with Crippen molar-refractivity contribution in [3.8, 4) is 10.6 Å². The third kappa shape index (κ3) is 4.01. The number of nitrogens with one attached hydrogen (secondary N) is 1. The normalized spacial score (nSPS) is 12.3. The van der Waals surface area contributed by atoms with E-state index in [4.69, 9.17) is 0 Å². The van der Waals surface area contributed by atoms with Gasteiger partial charge in [0.15, 0.2) is 0 Å². The summed E-state index contributed by atoms with van der Waals surface area (Å²) in [5.74, 6) is -0.387. The molecule has 0 aliphatic heterocycles. The molecule has 0 aliphatic rings. The van der Waals surface area contributed by atoms with Crippen LogP contribution < -0.4 is 5.32 Å². The first-order valence-corrected chi connectivity index (χ1v) is 8.25. The summed E-state index contributed by atoms with van der Waals surface area (Å²) in [7, 11) is 0. The number of aliphatic hydroxyl groups is 1. The summed E-state index contributed by atoms with van der Waals surface area (Å²) in [6.07, 6.45) is -0.872. The molecule has 3 nitrogen and oxygen atoms in total. The fraction of sp³-hybridized carbons (Fsp3) is 0.167. The number of halogens is 1. The average molecular weight is 328 g/mol. The number of thiazole rings is 1. The second kappa shape index (κ2) is 7.46. The molecule has 0 spiro atoms. The number of hydrogen-bond acceptors (Lipinski definition) is 4. The Labute approximate surface area is 138 Å². The lowest BCUT2D eigenvalue weighted by molar-refractivity contribution is 0.169. The van der Waals surface area contributed by atoms with E-state index in [1.54, 1.807) is 29.5 Å². The average Bonchev–Trinajstić information content (AvgIpc) is 3.05. The van der Waals surface area contributed by atoms with Gasteiger partial charge in [-0.25, -0.2) is 9.37 Å². The van der Waals surface area contributed by atoms with Crippen molar-refractivity contribution in [2.45, 2.75) is 12.6 Å². The van der Waals surface area contributed by atoms with Crippen molar-refractivity contribution in [1.82, 2.24) is 10.3 Å². The van der Waals surface area contributed by atoms with E-state index in [0.29, 0.717) is 12.1 Å². The summed E-state index contributed by atoms with van der Waals surface area (Å²) in [6, 6.07) is 16.3. The molecular weight excluding hydrogens is 311 g/mol. The van der Waals surface area contributed by atoms with Crippen molar-refractivity contribution >= 4 is 11.3 Å². The molecule has 0 bridgehead atoms. The summed E-state index contributed by atoms with van der Waals surface area (Å²) < 4.78 is 13.6. The van der Waals surface area contributed by atoms with Gasteiger partial charge >= 0.3 is 0 Å². The Hall–Kier alpha value is -2.08. The standard InChI is InChI=1S/C18H17FN2OS/c19-16-9-5-4-8-15(16)17(22)11-20-10-14-12-23-18(21-14)13-6-2-1-3-7-13/h1-9,12,17,20,22H,10-11H2. The summed E-state index contributed by atoms with van der Waals surface area (Å²) in [4.78, 5) is 4.57. The fourth-order valence-corrected chi connectivity index (χ4v) is 3.12. The van der Waals surface area contributed by atoms with E-state index in [-0.39, 0.29) is 12.4 Å². The number of nitrogens with zero attached hydrogens (tertiary/aromatic N) is 1. The molecule has 2 N–H and O–H groups in total. The van der Waals surface area contributed by atoms with Crippen LogP contribution in [0.3, 0.4) is 0 Å². The highest BCUT2D eigenvalue weighted by Gasteiger charge is 2.12. The number of aromatic nitrogens is 1. The first-order chi connectivity index (χ1) is 11.2. The van der Waals surface area contributed by atoms with Crippen LogP contribution in [0, 0.1) is 5.82 Å². The van der Waals surface area contributed by atoms with Crippen molar-refractivity contribution in [3.05, 3.63) is 77.1 Å². The Morgan fingerprint density at radius 3 is 2.61 bits per heavy atom. The molecule has 3 aromatic rings. The van der Waals surface area contributed by atoms with Crippen LogP contribution in [-0.4, -0.2) is 16.6 Å². The van der Waals surface area contributed by atoms with Gasteiger partial charge in [0, 0.05) is 29.6 Å². The Bertz CT molecular complexity index is 760. The predicted octanol–water partition coefficient (Wildman–Crippen LogP) is 3.77. The van der Waals surface area contributed by atoms with E-state index < -0.39 is 6.10 Å². The summed E-state index contributed by atoms with van der Waals surface area (Å²) in [5, 5.41) is 16.1. The van der Waals surface area contributed by atoms with Crippen LogP contribution in [0.2, 0.25) is 0 Å². The lowest BCUT2D eigenvalue weighted by atomic mass is 10.1. The maximum Gasteiger partial charge on any atom is 0.129 e. The quantitative estimate of drug-likeness (QED) is 0.724. The van der Waals surface area contributed by atoms with Gasteiger partial charge < -0.3 is 10.4 Å². The zero-order valence-electron chi connectivity index (χ0n) is 12.4. The molecule has 118 valence electrons. The molecule has 1 heterocycles. The minimum absolute atomic E-state index is 0.277. The highest BCUT2D eigenvalue weighted by atomic mass is 32.1. The minimum atomic E-state index is -0.872. The maximum atomic E-state index is 13.6.